The van der Waals surface area contributed by atoms with Crippen molar-refractivity contribution in [2.24, 2.45) is 0 Å². The maximum Gasteiger partial charge on any atom is 0.257 e. The molecule has 0 unspecified atom stereocenters. The van der Waals surface area contributed by atoms with Gasteiger partial charge in [-0.25, -0.2) is 4.98 Å². The van der Waals surface area contributed by atoms with Gasteiger partial charge in [0.1, 0.15) is 12.7 Å². The van der Waals surface area contributed by atoms with E-state index in [1.54, 1.807) is 6.07 Å². The Hall–Kier alpha value is -2.29. The zero-order valence-corrected chi connectivity index (χ0v) is 10.4. The van der Waals surface area contributed by atoms with Crippen LogP contribution in [0.15, 0.2) is 33.9 Å². The minimum Gasteiger partial charge on any atom is -0.460 e. The minimum absolute atomic E-state index is 0.0776. The fourth-order valence-corrected chi connectivity index (χ4v) is 1.73. The average molecular weight is 308 g/mol. The second-order valence-electron chi connectivity index (χ2n) is 3.25. The van der Waals surface area contributed by atoms with Gasteiger partial charge in [0.25, 0.3) is 5.95 Å². The number of rotatable bonds is 2. The van der Waals surface area contributed by atoms with Gasteiger partial charge in [0.05, 0.1) is 10.7 Å². The zero-order chi connectivity index (χ0) is 12.5. The largest absolute Gasteiger partial charge is 0.460 e. The van der Waals surface area contributed by atoms with E-state index in [-0.39, 0.29) is 11.9 Å². The molecule has 0 aromatic carbocycles. The maximum atomic E-state index is 5.64. The summed E-state index contributed by atoms with van der Waals surface area (Å²) in [6.07, 6.45) is 4.37. The molecule has 0 amide bonds. The molecule has 0 aliphatic heterocycles. The Morgan fingerprint density at radius 3 is 2.83 bits per heavy atom. The van der Waals surface area contributed by atoms with Crippen molar-refractivity contribution in [3.05, 3.63) is 29.5 Å². The third-order valence-electron chi connectivity index (χ3n) is 2.08. The van der Waals surface area contributed by atoms with Gasteiger partial charge >= 0.3 is 0 Å². The van der Waals surface area contributed by atoms with Crippen molar-refractivity contribution >= 4 is 21.9 Å². The van der Waals surface area contributed by atoms with Gasteiger partial charge in [-0.2, -0.15) is 24.7 Å². The summed E-state index contributed by atoms with van der Waals surface area (Å²) in [6, 6.07) is 1.74. The van der Waals surface area contributed by atoms with Crippen molar-refractivity contribution in [1.82, 2.24) is 29.7 Å². The fourth-order valence-electron chi connectivity index (χ4n) is 1.35. The van der Waals surface area contributed by atoms with Gasteiger partial charge in [-0.3, -0.25) is 0 Å². The number of nitrogens with zero attached hydrogens (tertiary/aromatic N) is 6. The first-order chi connectivity index (χ1) is 8.74. The number of hydrogen-bond donors (Lipinski definition) is 1. The Balaban J connectivity index is 2.15. The third-order valence-corrected chi connectivity index (χ3v) is 2.71. The number of hydrogen-bond acceptors (Lipinski definition) is 7. The van der Waals surface area contributed by atoms with Crippen molar-refractivity contribution in [3.63, 3.8) is 0 Å². The molecule has 0 spiro atoms. The van der Waals surface area contributed by atoms with Gasteiger partial charge in [0, 0.05) is 0 Å². The molecular weight excluding hydrogens is 302 g/mol. The topological polar surface area (TPSA) is 109 Å². The second kappa shape index (κ2) is 4.18. The molecule has 3 aromatic rings. The summed E-state index contributed by atoms with van der Waals surface area (Å²) < 4.78 is 7.40. The molecule has 8 nitrogen and oxygen atoms in total. The molecule has 90 valence electrons. The van der Waals surface area contributed by atoms with Crippen LogP contribution in [0.1, 0.15) is 0 Å². The Morgan fingerprint density at radius 1 is 1.28 bits per heavy atom. The summed E-state index contributed by atoms with van der Waals surface area (Å²) in [5.41, 5.74) is 5.64. The highest BCUT2D eigenvalue weighted by atomic mass is 79.9. The number of nitrogen functional groups attached to an aromatic ring is 1. The lowest BCUT2D eigenvalue weighted by Gasteiger charge is -2.02. The molecule has 0 saturated heterocycles. The van der Waals surface area contributed by atoms with Crippen LogP contribution >= 0.6 is 15.9 Å². The molecule has 3 rings (SSSR count). The molecule has 0 aliphatic rings. The number of nitrogens with two attached hydrogens (primary N) is 1. The monoisotopic (exact) mass is 307 g/mol. The molecule has 0 bridgehead atoms. The van der Waals surface area contributed by atoms with E-state index in [1.807, 2.05) is 0 Å². The van der Waals surface area contributed by atoms with E-state index in [9.17, 15) is 0 Å². The number of anilines is 1. The van der Waals surface area contributed by atoms with Crippen molar-refractivity contribution in [3.8, 4) is 17.5 Å². The van der Waals surface area contributed by atoms with E-state index < -0.39 is 0 Å². The van der Waals surface area contributed by atoms with Gasteiger partial charge in [-0.1, -0.05) is 0 Å². The average Bonchev–Trinajstić information content (AvgIpc) is 2.98. The summed E-state index contributed by atoms with van der Waals surface area (Å²) in [5.74, 6) is 1.16. The van der Waals surface area contributed by atoms with Crippen molar-refractivity contribution < 1.29 is 4.42 Å². The van der Waals surface area contributed by atoms with Crippen LogP contribution in [-0.4, -0.2) is 29.7 Å². The Labute approximate surface area is 109 Å². The lowest BCUT2D eigenvalue weighted by Crippen LogP contribution is -2.07. The predicted octanol–water partition coefficient (Wildman–Crippen LogP) is 1.06. The quantitative estimate of drug-likeness (QED) is 0.753. The highest BCUT2D eigenvalue weighted by Crippen LogP contribution is 2.26. The van der Waals surface area contributed by atoms with E-state index in [0.717, 1.165) is 4.47 Å². The van der Waals surface area contributed by atoms with Gasteiger partial charge in [0.15, 0.2) is 5.76 Å². The summed E-state index contributed by atoms with van der Waals surface area (Å²) in [5, 5.41) is 3.93. The standard InChI is InChI=1S/C9H6BrN7O/c10-5-1-2-18-6(5)7-14-8(11)16-9(15-7)17-4-12-3-13-17/h1-4H,(H2,11,14,15,16). The van der Waals surface area contributed by atoms with Crippen molar-refractivity contribution in [2.75, 3.05) is 5.73 Å². The predicted molar refractivity (Wildman–Crippen MR) is 64.6 cm³/mol. The first kappa shape index (κ1) is 10.8. The van der Waals surface area contributed by atoms with E-state index in [1.165, 1.54) is 23.6 Å². The molecule has 0 fully saturated rings. The van der Waals surface area contributed by atoms with Crippen LogP contribution in [0.4, 0.5) is 5.95 Å². The van der Waals surface area contributed by atoms with Crippen molar-refractivity contribution in [2.45, 2.75) is 0 Å². The minimum atomic E-state index is 0.0776. The fraction of sp³-hybridized carbons (Fsp3) is 0. The summed E-state index contributed by atoms with van der Waals surface area (Å²) in [4.78, 5) is 16.0. The van der Waals surface area contributed by atoms with Crippen LogP contribution in [0.2, 0.25) is 0 Å². The summed E-state index contributed by atoms with van der Waals surface area (Å²) >= 11 is 3.33. The molecule has 18 heavy (non-hydrogen) atoms. The van der Waals surface area contributed by atoms with Crippen LogP contribution in [0.5, 0.6) is 0 Å². The summed E-state index contributed by atoms with van der Waals surface area (Å²) in [7, 11) is 0. The number of halogens is 1. The Bertz CT molecular complexity index is 678. The van der Waals surface area contributed by atoms with E-state index in [0.29, 0.717) is 11.6 Å². The molecule has 0 aliphatic carbocycles. The van der Waals surface area contributed by atoms with Gasteiger partial charge in [-0.15, -0.1) is 0 Å². The molecule has 0 atom stereocenters. The van der Waals surface area contributed by atoms with Crippen LogP contribution in [0.3, 0.4) is 0 Å². The Kier molecular flexibility index (Phi) is 2.52. The van der Waals surface area contributed by atoms with Crippen LogP contribution in [0, 0.1) is 0 Å². The van der Waals surface area contributed by atoms with Gasteiger partial charge < -0.3 is 10.2 Å². The first-order valence-corrected chi connectivity index (χ1v) is 5.63. The molecule has 2 N–H and O–H groups in total. The highest BCUT2D eigenvalue weighted by molar-refractivity contribution is 9.10. The molecule has 9 heteroatoms. The highest BCUT2D eigenvalue weighted by Gasteiger charge is 2.14. The Morgan fingerprint density at radius 2 is 2.17 bits per heavy atom. The van der Waals surface area contributed by atoms with Gasteiger partial charge in [-0.05, 0) is 22.0 Å². The molecule has 0 saturated carbocycles. The first-order valence-electron chi connectivity index (χ1n) is 4.84. The van der Waals surface area contributed by atoms with E-state index in [2.05, 4.69) is 41.0 Å². The maximum absolute atomic E-state index is 5.64. The molecule has 3 heterocycles. The molecule has 0 radical (unpaired) electrons. The van der Waals surface area contributed by atoms with E-state index in [4.69, 9.17) is 10.2 Å². The van der Waals surface area contributed by atoms with Gasteiger partial charge in [0.2, 0.25) is 11.8 Å². The molecule has 3 aromatic heterocycles. The zero-order valence-electron chi connectivity index (χ0n) is 8.86. The van der Waals surface area contributed by atoms with Crippen molar-refractivity contribution in [1.29, 1.82) is 0 Å². The lowest BCUT2D eigenvalue weighted by molar-refractivity contribution is 0.575. The van der Waals surface area contributed by atoms with Crippen LogP contribution < -0.4 is 5.73 Å². The lowest BCUT2D eigenvalue weighted by atomic mass is 10.4. The normalized spacial score (nSPS) is 10.7. The van der Waals surface area contributed by atoms with E-state index >= 15 is 0 Å². The SMILES string of the molecule is Nc1nc(-c2occc2Br)nc(-n2cncn2)n1. The number of aromatic nitrogens is 6. The van der Waals surface area contributed by atoms with Crippen LogP contribution in [-0.2, 0) is 0 Å². The van der Waals surface area contributed by atoms with Crippen LogP contribution in [0.25, 0.3) is 17.5 Å². The smallest absolute Gasteiger partial charge is 0.257 e. The second-order valence-corrected chi connectivity index (χ2v) is 4.11. The number of furan rings is 1. The third kappa shape index (κ3) is 1.84. The summed E-state index contributed by atoms with van der Waals surface area (Å²) in [6.45, 7) is 0. The molecular formula is C9H6BrN7O.